The molecule has 0 aliphatic rings. The number of benzene rings is 2. The van der Waals surface area contributed by atoms with E-state index in [1.807, 2.05) is 36.4 Å². The van der Waals surface area contributed by atoms with Crippen LogP contribution in [-0.4, -0.2) is 6.54 Å². The highest BCUT2D eigenvalue weighted by molar-refractivity contribution is 5.85. The van der Waals surface area contributed by atoms with Crippen molar-refractivity contribution >= 4 is 12.4 Å². The van der Waals surface area contributed by atoms with Gasteiger partial charge in [-0.2, -0.15) is 0 Å². The Balaban J connectivity index is 0.00000200. The van der Waals surface area contributed by atoms with Crippen molar-refractivity contribution in [1.29, 1.82) is 0 Å². The van der Waals surface area contributed by atoms with E-state index >= 15 is 0 Å². The van der Waals surface area contributed by atoms with Crippen LogP contribution in [0.5, 0.6) is 5.75 Å². The van der Waals surface area contributed by atoms with Gasteiger partial charge in [-0.05, 0) is 23.3 Å². The van der Waals surface area contributed by atoms with Crippen LogP contribution in [0, 0.1) is 0 Å². The molecule has 2 rings (SSSR count). The molecule has 0 amide bonds. The predicted octanol–water partition coefficient (Wildman–Crippen LogP) is 3.96. The highest BCUT2D eigenvalue weighted by Crippen LogP contribution is 2.14. The zero-order chi connectivity index (χ0) is 13.3. The molecular formula is C17H20ClNO. The minimum absolute atomic E-state index is 0. The number of halogens is 1. The molecule has 0 heterocycles. The van der Waals surface area contributed by atoms with E-state index in [1.165, 1.54) is 11.1 Å². The second-order valence-electron chi connectivity index (χ2n) is 4.34. The third-order valence-corrected chi connectivity index (χ3v) is 2.79. The van der Waals surface area contributed by atoms with Gasteiger partial charge in [0.15, 0.2) is 0 Å². The molecule has 3 heteroatoms. The van der Waals surface area contributed by atoms with Gasteiger partial charge in [-0.3, -0.25) is 0 Å². The van der Waals surface area contributed by atoms with E-state index < -0.39 is 0 Å². The summed E-state index contributed by atoms with van der Waals surface area (Å²) in [6.07, 6.45) is 1.86. The van der Waals surface area contributed by atoms with E-state index in [9.17, 15) is 0 Å². The van der Waals surface area contributed by atoms with Gasteiger partial charge in [-0.1, -0.05) is 48.5 Å². The fourth-order valence-corrected chi connectivity index (χ4v) is 1.76. The Bertz CT molecular complexity index is 496. The highest BCUT2D eigenvalue weighted by atomic mass is 35.5. The third-order valence-electron chi connectivity index (χ3n) is 2.79. The molecule has 0 fully saturated rings. The molecule has 106 valence electrons. The number of ether oxygens (including phenoxy) is 1. The molecule has 2 aromatic rings. The number of hydrogen-bond donors (Lipinski definition) is 1. The van der Waals surface area contributed by atoms with Crippen LogP contribution >= 0.6 is 12.4 Å². The van der Waals surface area contributed by atoms with Crippen LogP contribution in [0.25, 0.3) is 0 Å². The van der Waals surface area contributed by atoms with E-state index in [2.05, 4.69) is 36.2 Å². The van der Waals surface area contributed by atoms with Crippen molar-refractivity contribution in [1.82, 2.24) is 5.32 Å². The van der Waals surface area contributed by atoms with Crippen LogP contribution < -0.4 is 10.1 Å². The summed E-state index contributed by atoms with van der Waals surface area (Å²) >= 11 is 0. The Hall–Kier alpha value is -1.77. The van der Waals surface area contributed by atoms with Gasteiger partial charge >= 0.3 is 0 Å². The van der Waals surface area contributed by atoms with E-state index in [4.69, 9.17) is 4.74 Å². The molecule has 0 atom stereocenters. The van der Waals surface area contributed by atoms with Crippen LogP contribution in [0.3, 0.4) is 0 Å². The van der Waals surface area contributed by atoms with Gasteiger partial charge in [0.05, 0.1) is 0 Å². The molecule has 20 heavy (non-hydrogen) atoms. The Morgan fingerprint density at radius 1 is 0.950 bits per heavy atom. The minimum atomic E-state index is 0. The second kappa shape index (κ2) is 9.18. The fraction of sp³-hybridized carbons (Fsp3) is 0.176. The monoisotopic (exact) mass is 289 g/mol. The molecule has 2 nitrogen and oxygen atoms in total. The lowest BCUT2D eigenvalue weighted by Crippen LogP contribution is -2.12. The van der Waals surface area contributed by atoms with E-state index in [-0.39, 0.29) is 12.4 Å². The van der Waals surface area contributed by atoms with Crippen molar-refractivity contribution in [2.45, 2.75) is 13.2 Å². The summed E-state index contributed by atoms with van der Waals surface area (Å²) < 4.78 is 5.74. The quantitative estimate of drug-likeness (QED) is 0.615. The van der Waals surface area contributed by atoms with E-state index in [0.29, 0.717) is 6.61 Å². The van der Waals surface area contributed by atoms with Crippen LogP contribution in [0.15, 0.2) is 67.3 Å². The van der Waals surface area contributed by atoms with Crippen LogP contribution in [0.1, 0.15) is 11.1 Å². The predicted molar refractivity (Wildman–Crippen MR) is 86.4 cm³/mol. The summed E-state index contributed by atoms with van der Waals surface area (Å²) in [6.45, 7) is 5.96. The van der Waals surface area contributed by atoms with E-state index in [1.54, 1.807) is 0 Å². The number of nitrogens with one attached hydrogen (secondary N) is 1. The molecular weight excluding hydrogens is 270 g/mol. The molecule has 0 aromatic heterocycles. The molecule has 0 unspecified atom stereocenters. The molecule has 2 aromatic carbocycles. The first-order valence-corrected chi connectivity index (χ1v) is 6.46. The largest absolute Gasteiger partial charge is 0.489 e. The summed E-state index contributed by atoms with van der Waals surface area (Å²) in [4.78, 5) is 0. The summed E-state index contributed by atoms with van der Waals surface area (Å²) in [5.41, 5.74) is 2.42. The van der Waals surface area contributed by atoms with Crippen molar-refractivity contribution in [3.8, 4) is 5.75 Å². The van der Waals surface area contributed by atoms with Crippen LogP contribution in [0.2, 0.25) is 0 Å². The van der Waals surface area contributed by atoms with Gasteiger partial charge in [-0.15, -0.1) is 19.0 Å². The molecule has 0 radical (unpaired) electrons. The fourth-order valence-electron chi connectivity index (χ4n) is 1.76. The standard InChI is InChI=1S/C17H19NO.ClH/c1-2-12-18-13-15-8-10-17(11-9-15)19-14-16-6-4-3-5-7-16;/h2-11,18H,1,12-14H2;1H. The Morgan fingerprint density at radius 3 is 2.30 bits per heavy atom. The first kappa shape index (κ1) is 16.3. The van der Waals surface area contributed by atoms with Gasteiger partial charge < -0.3 is 10.1 Å². The molecule has 0 saturated carbocycles. The summed E-state index contributed by atoms with van der Waals surface area (Å²) in [5, 5.41) is 3.27. The van der Waals surface area contributed by atoms with Crippen molar-refractivity contribution in [3.05, 3.63) is 78.4 Å². The van der Waals surface area contributed by atoms with Gasteiger partial charge in [0, 0.05) is 13.1 Å². The van der Waals surface area contributed by atoms with Crippen molar-refractivity contribution in [2.75, 3.05) is 6.54 Å². The average Bonchev–Trinajstić information content (AvgIpc) is 2.48. The van der Waals surface area contributed by atoms with Gasteiger partial charge in [0.2, 0.25) is 0 Å². The summed E-state index contributed by atoms with van der Waals surface area (Å²) in [7, 11) is 0. The minimum Gasteiger partial charge on any atom is -0.489 e. The molecule has 0 aliphatic carbocycles. The Kier molecular flexibility index (Phi) is 7.48. The number of rotatable bonds is 7. The molecule has 0 aliphatic heterocycles. The maximum absolute atomic E-state index is 5.74. The second-order valence-corrected chi connectivity index (χ2v) is 4.34. The van der Waals surface area contributed by atoms with Crippen LogP contribution in [-0.2, 0) is 13.2 Å². The number of hydrogen-bond acceptors (Lipinski definition) is 2. The maximum atomic E-state index is 5.74. The van der Waals surface area contributed by atoms with Crippen molar-refractivity contribution in [2.24, 2.45) is 0 Å². The molecule has 1 N–H and O–H groups in total. The van der Waals surface area contributed by atoms with Gasteiger partial charge in [-0.25, -0.2) is 0 Å². The SMILES string of the molecule is C=CCNCc1ccc(OCc2ccccc2)cc1.Cl. The maximum Gasteiger partial charge on any atom is 0.119 e. The van der Waals surface area contributed by atoms with Gasteiger partial charge in [0.25, 0.3) is 0 Å². The summed E-state index contributed by atoms with van der Waals surface area (Å²) in [6, 6.07) is 18.4. The lowest BCUT2D eigenvalue weighted by molar-refractivity contribution is 0.306. The smallest absolute Gasteiger partial charge is 0.119 e. The van der Waals surface area contributed by atoms with Crippen molar-refractivity contribution < 1.29 is 4.74 Å². The first-order valence-electron chi connectivity index (χ1n) is 6.46. The average molecular weight is 290 g/mol. The zero-order valence-electron chi connectivity index (χ0n) is 11.4. The lowest BCUT2D eigenvalue weighted by atomic mass is 10.2. The normalized spacial score (nSPS) is 9.60. The zero-order valence-corrected chi connectivity index (χ0v) is 12.2. The topological polar surface area (TPSA) is 21.3 Å². The van der Waals surface area contributed by atoms with Gasteiger partial charge in [0.1, 0.15) is 12.4 Å². The Morgan fingerprint density at radius 2 is 1.65 bits per heavy atom. The lowest BCUT2D eigenvalue weighted by Gasteiger charge is -2.07. The first-order chi connectivity index (χ1) is 9.38. The Labute approximate surface area is 126 Å². The van der Waals surface area contributed by atoms with Crippen molar-refractivity contribution in [3.63, 3.8) is 0 Å². The molecule has 0 spiro atoms. The van der Waals surface area contributed by atoms with E-state index in [0.717, 1.165) is 18.8 Å². The van der Waals surface area contributed by atoms with Crippen LogP contribution in [0.4, 0.5) is 0 Å². The molecule has 0 bridgehead atoms. The highest BCUT2D eigenvalue weighted by Gasteiger charge is 1.96. The summed E-state index contributed by atoms with van der Waals surface area (Å²) in [5.74, 6) is 0.899. The molecule has 0 saturated heterocycles. The third kappa shape index (κ3) is 5.47.